The molecule has 0 aliphatic carbocycles. The highest BCUT2D eigenvalue weighted by molar-refractivity contribution is 7.18. The van der Waals surface area contributed by atoms with E-state index in [0.29, 0.717) is 19.0 Å². The summed E-state index contributed by atoms with van der Waals surface area (Å²) < 4.78 is 1.24. The number of amides is 2. The molecule has 2 aromatic carbocycles. The van der Waals surface area contributed by atoms with Crippen LogP contribution in [0.25, 0.3) is 16.3 Å². The SMILES string of the molecule is O=C(C=Cc1ccccc1)N1CCC(C(=O)N2CCC(c3nc4ccccc4s3)CC2)CC1. The second-order valence-corrected chi connectivity index (χ2v) is 10.0. The highest BCUT2D eigenvalue weighted by atomic mass is 32.1. The summed E-state index contributed by atoms with van der Waals surface area (Å²) >= 11 is 1.79. The van der Waals surface area contributed by atoms with Gasteiger partial charge in [-0.1, -0.05) is 42.5 Å². The average molecular weight is 460 g/mol. The van der Waals surface area contributed by atoms with E-state index in [1.54, 1.807) is 17.4 Å². The number of likely N-dealkylation sites (tertiary alicyclic amines) is 2. The van der Waals surface area contributed by atoms with Gasteiger partial charge in [0, 0.05) is 44.1 Å². The Kier molecular flexibility index (Phi) is 6.53. The highest BCUT2D eigenvalue weighted by Gasteiger charge is 2.32. The Hall–Kier alpha value is -2.99. The third-order valence-electron chi connectivity index (χ3n) is 6.84. The number of carbonyl (C=O) groups is 2. The Balaban J connectivity index is 1.10. The normalized spacial score (nSPS) is 18.3. The topological polar surface area (TPSA) is 53.5 Å². The van der Waals surface area contributed by atoms with Crippen molar-refractivity contribution >= 4 is 39.4 Å². The van der Waals surface area contributed by atoms with Crippen molar-refractivity contribution in [3.8, 4) is 0 Å². The first kappa shape index (κ1) is 21.8. The molecule has 170 valence electrons. The van der Waals surface area contributed by atoms with Crippen LogP contribution in [0, 0.1) is 5.92 Å². The number of benzene rings is 2. The Morgan fingerprint density at radius 3 is 2.24 bits per heavy atom. The van der Waals surface area contributed by atoms with Crippen LogP contribution in [0.4, 0.5) is 0 Å². The minimum atomic E-state index is 0.0291. The minimum Gasteiger partial charge on any atom is -0.342 e. The molecule has 3 heterocycles. The van der Waals surface area contributed by atoms with Gasteiger partial charge < -0.3 is 9.80 Å². The number of nitrogens with zero attached hydrogens (tertiary/aromatic N) is 3. The van der Waals surface area contributed by atoms with E-state index < -0.39 is 0 Å². The monoisotopic (exact) mass is 459 g/mol. The lowest BCUT2D eigenvalue weighted by atomic mass is 9.92. The van der Waals surface area contributed by atoms with Crippen LogP contribution in [0.5, 0.6) is 0 Å². The number of hydrogen-bond donors (Lipinski definition) is 0. The fraction of sp³-hybridized carbons (Fsp3) is 0.370. The van der Waals surface area contributed by atoms with Crippen molar-refractivity contribution in [1.82, 2.24) is 14.8 Å². The number of hydrogen-bond acceptors (Lipinski definition) is 4. The summed E-state index contributed by atoms with van der Waals surface area (Å²) in [5.41, 5.74) is 2.10. The Morgan fingerprint density at radius 1 is 0.848 bits per heavy atom. The maximum Gasteiger partial charge on any atom is 0.246 e. The predicted molar refractivity (Wildman–Crippen MR) is 133 cm³/mol. The summed E-state index contributed by atoms with van der Waals surface area (Å²) in [6.45, 7) is 2.91. The zero-order valence-corrected chi connectivity index (χ0v) is 19.5. The number of thiazole rings is 1. The molecule has 0 bridgehead atoms. The fourth-order valence-electron chi connectivity index (χ4n) is 4.85. The second-order valence-electron chi connectivity index (χ2n) is 8.96. The number of piperidine rings is 2. The molecule has 1 aromatic heterocycles. The van der Waals surface area contributed by atoms with Gasteiger partial charge in [0.25, 0.3) is 0 Å². The second kappa shape index (κ2) is 9.87. The number of para-hydroxylation sites is 1. The van der Waals surface area contributed by atoms with Gasteiger partial charge in [0.1, 0.15) is 0 Å². The van der Waals surface area contributed by atoms with Crippen LogP contribution >= 0.6 is 11.3 Å². The molecule has 2 fully saturated rings. The molecule has 5 nitrogen and oxygen atoms in total. The van der Waals surface area contributed by atoms with E-state index in [0.717, 1.165) is 49.9 Å². The predicted octanol–water partition coefficient (Wildman–Crippen LogP) is 4.95. The van der Waals surface area contributed by atoms with Crippen LogP contribution in [0.15, 0.2) is 60.7 Å². The maximum atomic E-state index is 13.1. The molecule has 0 saturated carbocycles. The first-order chi connectivity index (χ1) is 16.2. The van der Waals surface area contributed by atoms with Crippen LogP contribution in [-0.4, -0.2) is 52.8 Å². The number of carbonyl (C=O) groups excluding carboxylic acids is 2. The standard InChI is InChI=1S/C27H29N3O2S/c31-25(11-10-20-6-2-1-3-7-20)29-16-14-22(15-17-29)27(32)30-18-12-21(13-19-30)26-28-23-8-4-5-9-24(23)33-26/h1-11,21-22H,12-19H2. The largest absolute Gasteiger partial charge is 0.342 e. The molecule has 0 radical (unpaired) electrons. The first-order valence-electron chi connectivity index (χ1n) is 11.8. The lowest BCUT2D eigenvalue weighted by molar-refractivity contribution is -0.140. The molecule has 2 aliphatic heterocycles. The molecule has 0 atom stereocenters. The summed E-state index contributed by atoms with van der Waals surface area (Å²) in [6.07, 6.45) is 6.96. The van der Waals surface area contributed by atoms with Gasteiger partial charge in [-0.15, -0.1) is 11.3 Å². The molecule has 0 spiro atoms. The smallest absolute Gasteiger partial charge is 0.246 e. The molecule has 5 rings (SSSR count). The molecule has 33 heavy (non-hydrogen) atoms. The van der Waals surface area contributed by atoms with Gasteiger partial charge in [-0.2, -0.15) is 0 Å². The van der Waals surface area contributed by atoms with Gasteiger partial charge in [0.15, 0.2) is 0 Å². The average Bonchev–Trinajstić information content (AvgIpc) is 3.32. The first-order valence-corrected chi connectivity index (χ1v) is 12.7. The van der Waals surface area contributed by atoms with E-state index in [1.165, 1.54) is 9.71 Å². The molecule has 2 amide bonds. The zero-order valence-electron chi connectivity index (χ0n) is 18.7. The van der Waals surface area contributed by atoms with Crippen molar-refractivity contribution in [2.45, 2.75) is 31.6 Å². The summed E-state index contributed by atoms with van der Waals surface area (Å²) in [6, 6.07) is 18.1. The van der Waals surface area contributed by atoms with E-state index in [-0.39, 0.29) is 17.7 Å². The van der Waals surface area contributed by atoms with Crippen molar-refractivity contribution in [2.75, 3.05) is 26.2 Å². The Morgan fingerprint density at radius 2 is 1.52 bits per heavy atom. The van der Waals surface area contributed by atoms with Crippen molar-refractivity contribution in [2.24, 2.45) is 5.92 Å². The Bertz CT molecular complexity index is 1110. The fourth-order valence-corrected chi connectivity index (χ4v) is 5.99. The van der Waals surface area contributed by atoms with Gasteiger partial charge in [-0.3, -0.25) is 9.59 Å². The quantitative estimate of drug-likeness (QED) is 0.519. The molecule has 0 unspecified atom stereocenters. The molecule has 2 aliphatic rings. The third-order valence-corrected chi connectivity index (χ3v) is 8.04. The van der Waals surface area contributed by atoms with Crippen LogP contribution < -0.4 is 0 Å². The van der Waals surface area contributed by atoms with Crippen LogP contribution in [0.1, 0.15) is 42.2 Å². The molecule has 3 aromatic rings. The highest BCUT2D eigenvalue weighted by Crippen LogP contribution is 2.34. The van der Waals surface area contributed by atoms with Crippen molar-refractivity contribution in [1.29, 1.82) is 0 Å². The van der Waals surface area contributed by atoms with Gasteiger partial charge >= 0.3 is 0 Å². The van der Waals surface area contributed by atoms with E-state index in [1.807, 2.05) is 52.3 Å². The van der Waals surface area contributed by atoms with E-state index >= 15 is 0 Å². The molecule has 6 heteroatoms. The molecular formula is C27H29N3O2S. The van der Waals surface area contributed by atoms with Crippen molar-refractivity contribution in [3.63, 3.8) is 0 Å². The van der Waals surface area contributed by atoms with Gasteiger partial charge in [-0.25, -0.2) is 4.98 Å². The zero-order chi connectivity index (χ0) is 22.6. The molecule has 2 saturated heterocycles. The van der Waals surface area contributed by atoms with E-state index in [4.69, 9.17) is 4.98 Å². The lowest BCUT2D eigenvalue weighted by Gasteiger charge is -2.36. The number of aromatic nitrogens is 1. The van der Waals surface area contributed by atoms with Crippen LogP contribution in [-0.2, 0) is 9.59 Å². The third kappa shape index (κ3) is 5.01. The Labute approximate surface area is 198 Å². The molecular weight excluding hydrogens is 430 g/mol. The minimum absolute atomic E-state index is 0.0291. The summed E-state index contributed by atoms with van der Waals surface area (Å²) in [5.74, 6) is 0.777. The summed E-state index contributed by atoms with van der Waals surface area (Å²) in [4.78, 5) is 34.4. The van der Waals surface area contributed by atoms with Crippen molar-refractivity contribution < 1.29 is 9.59 Å². The van der Waals surface area contributed by atoms with Crippen molar-refractivity contribution in [3.05, 3.63) is 71.2 Å². The molecule has 0 N–H and O–H groups in total. The van der Waals surface area contributed by atoms with Crippen LogP contribution in [0.3, 0.4) is 0 Å². The maximum absolute atomic E-state index is 13.1. The van der Waals surface area contributed by atoms with Crippen LogP contribution in [0.2, 0.25) is 0 Å². The number of rotatable bonds is 4. The van der Waals surface area contributed by atoms with Gasteiger partial charge in [0.05, 0.1) is 15.2 Å². The summed E-state index contributed by atoms with van der Waals surface area (Å²) in [7, 11) is 0. The van der Waals surface area contributed by atoms with E-state index in [9.17, 15) is 9.59 Å². The van der Waals surface area contributed by atoms with E-state index in [2.05, 4.69) is 18.2 Å². The summed E-state index contributed by atoms with van der Waals surface area (Å²) in [5, 5.41) is 1.21. The number of fused-ring (bicyclic) bond motifs is 1. The van der Waals surface area contributed by atoms with Gasteiger partial charge in [-0.05, 0) is 49.5 Å². The lowest BCUT2D eigenvalue weighted by Crippen LogP contribution is -2.46. The van der Waals surface area contributed by atoms with Gasteiger partial charge in [0.2, 0.25) is 11.8 Å².